The zero-order valence-electron chi connectivity index (χ0n) is 19.1. The van der Waals surface area contributed by atoms with Crippen molar-refractivity contribution in [3.05, 3.63) is 11.6 Å². The molecule has 0 amide bonds. The second-order valence-electron chi connectivity index (χ2n) is 11.8. The zero-order chi connectivity index (χ0) is 20.9. The van der Waals surface area contributed by atoms with Gasteiger partial charge >= 0.3 is 5.97 Å². The molecule has 6 atom stereocenters. The van der Waals surface area contributed by atoms with E-state index in [-0.39, 0.29) is 22.9 Å². The fourth-order valence-corrected chi connectivity index (χ4v) is 8.54. The summed E-state index contributed by atoms with van der Waals surface area (Å²) in [7, 11) is 0. The van der Waals surface area contributed by atoms with Crippen molar-refractivity contribution in [2.45, 2.75) is 110 Å². The van der Waals surface area contributed by atoms with Gasteiger partial charge in [-0.25, -0.2) is 0 Å². The molecule has 0 aromatic rings. The Balaban J connectivity index is 1.25. The van der Waals surface area contributed by atoms with Crippen molar-refractivity contribution >= 4 is 11.8 Å². The van der Waals surface area contributed by atoms with E-state index in [2.05, 4.69) is 13.8 Å². The average Bonchev–Trinajstić information content (AvgIpc) is 3.35. The molecule has 5 rings (SSSR count). The molecule has 0 bridgehead atoms. The molecule has 0 aromatic heterocycles. The maximum atomic E-state index is 12.7. The smallest absolute Gasteiger partial charge is 0.306 e. The number of rotatable bonds is 4. The molecule has 0 spiro atoms. The minimum atomic E-state index is 0.0579. The van der Waals surface area contributed by atoms with Gasteiger partial charge in [-0.2, -0.15) is 0 Å². The summed E-state index contributed by atoms with van der Waals surface area (Å²) in [6.45, 7) is 4.87. The van der Waals surface area contributed by atoms with Crippen molar-refractivity contribution in [1.29, 1.82) is 0 Å². The van der Waals surface area contributed by atoms with Crippen LogP contribution < -0.4 is 0 Å². The van der Waals surface area contributed by atoms with Gasteiger partial charge in [0, 0.05) is 18.3 Å². The van der Waals surface area contributed by atoms with Gasteiger partial charge in [-0.1, -0.05) is 45.1 Å². The minimum absolute atomic E-state index is 0.0579. The first kappa shape index (κ1) is 20.8. The zero-order valence-corrected chi connectivity index (χ0v) is 19.1. The van der Waals surface area contributed by atoms with Crippen LogP contribution in [0.5, 0.6) is 0 Å². The topological polar surface area (TPSA) is 43.4 Å². The maximum absolute atomic E-state index is 12.7. The standard InChI is InChI=1S/C27H40O3/c1-26-15-13-20(28)17-19(26)8-9-21-22-10-11-24(27(22,2)16-14-23(21)26)30-25(29)12-7-18-5-3-4-6-18/h17-18,21-24H,3-16H2,1-2H3/t21?,22?,23?,24-,26?,27?/m0/s1. The van der Waals surface area contributed by atoms with Crippen molar-refractivity contribution < 1.29 is 14.3 Å². The summed E-state index contributed by atoms with van der Waals surface area (Å²) in [5.74, 6) is 3.28. The number of fused-ring (bicyclic) bond motifs is 5. The van der Waals surface area contributed by atoms with Crippen molar-refractivity contribution in [3.63, 3.8) is 0 Å². The Kier molecular flexibility index (Phi) is 5.39. The summed E-state index contributed by atoms with van der Waals surface area (Å²) in [4.78, 5) is 24.7. The van der Waals surface area contributed by atoms with Crippen LogP contribution in [0.1, 0.15) is 104 Å². The van der Waals surface area contributed by atoms with Crippen LogP contribution >= 0.6 is 0 Å². The van der Waals surface area contributed by atoms with Crippen molar-refractivity contribution in [2.24, 2.45) is 34.5 Å². The van der Waals surface area contributed by atoms with Gasteiger partial charge in [-0.05, 0) is 86.5 Å². The Morgan fingerprint density at radius 3 is 2.60 bits per heavy atom. The Hall–Kier alpha value is -1.12. The van der Waals surface area contributed by atoms with Gasteiger partial charge in [0.15, 0.2) is 5.78 Å². The van der Waals surface area contributed by atoms with E-state index in [1.165, 1.54) is 56.9 Å². The van der Waals surface area contributed by atoms with Crippen LogP contribution in [-0.2, 0) is 14.3 Å². The van der Waals surface area contributed by atoms with Crippen molar-refractivity contribution in [1.82, 2.24) is 0 Å². The molecule has 166 valence electrons. The van der Waals surface area contributed by atoms with Crippen LogP contribution in [0.15, 0.2) is 11.6 Å². The highest BCUT2D eigenvalue weighted by molar-refractivity contribution is 5.91. The van der Waals surface area contributed by atoms with Crippen LogP contribution in [0, 0.1) is 34.5 Å². The van der Waals surface area contributed by atoms with E-state index in [1.807, 2.05) is 6.08 Å². The van der Waals surface area contributed by atoms with Crippen LogP contribution in [0.3, 0.4) is 0 Å². The lowest BCUT2D eigenvalue weighted by molar-refractivity contribution is -0.160. The molecule has 0 N–H and O–H groups in total. The van der Waals surface area contributed by atoms with Gasteiger partial charge in [0.1, 0.15) is 6.10 Å². The lowest BCUT2D eigenvalue weighted by Crippen LogP contribution is -2.51. The quantitative estimate of drug-likeness (QED) is 0.502. The number of hydrogen-bond acceptors (Lipinski definition) is 3. The summed E-state index contributed by atoms with van der Waals surface area (Å²) in [6.07, 6.45) is 17.8. The second-order valence-corrected chi connectivity index (χ2v) is 11.8. The highest BCUT2D eigenvalue weighted by Gasteiger charge is 2.59. The minimum Gasteiger partial charge on any atom is -0.462 e. The molecule has 0 aromatic carbocycles. The Morgan fingerprint density at radius 1 is 1.00 bits per heavy atom. The first-order valence-electron chi connectivity index (χ1n) is 12.8. The molecule has 0 saturated heterocycles. The second kappa shape index (κ2) is 7.78. The number of esters is 1. The third-order valence-electron chi connectivity index (χ3n) is 10.4. The summed E-state index contributed by atoms with van der Waals surface area (Å²) < 4.78 is 6.17. The molecule has 5 aliphatic carbocycles. The molecule has 0 radical (unpaired) electrons. The van der Waals surface area contributed by atoms with E-state index in [1.54, 1.807) is 0 Å². The fraction of sp³-hybridized carbons (Fsp3) is 0.852. The summed E-state index contributed by atoms with van der Waals surface area (Å²) in [5.41, 5.74) is 1.83. The van der Waals surface area contributed by atoms with E-state index in [0.717, 1.165) is 43.9 Å². The molecule has 3 heteroatoms. The summed E-state index contributed by atoms with van der Waals surface area (Å²) in [5, 5.41) is 0. The van der Waals surface area contributed by atoms with Gasteiger partial charge in [0.25, 0.3) is 0 Å². The molecule has 4 saturated carbocycles. The van der Waals surface area contributed by atoms with E-state index in [0.29, 0.717) is 24.0 Å². The van der Waals surface area contributed by atoms with Gasteiger partial charge in [-0.3, -0.25) is 9.59 Å². The largest absolute Gasteiger partial charge is 0.462 e. The number of carbonyl (C=O) groups excluding carboxylic acids is 2. The van der Waals surface area contributed by atoms with Crippen molar-refractivity contribution in [2.75, 3.05) is 0 Å². The van der Waals surface area contributed by atoms with Gasteiger partial charge in [0.2, 0.25) is 0 Å². The van der Waals surface area contributed by atoms with Crippen LogP contribution in [0.2, 0.25) is 0 Å². The Bertz CT molecular complexity index is 732. The highest BCUT2D eigenvalue weighted by atomic mass is 16.5. The van der Waals surface area contributed by atoms with Crippen LogP contribution in [-0.4, -0.2) is 17.9 Å². The SMILES string of the molecule is CC12CCC(=O)C=C1CCC1C2CCC2(C)C1CC[C@@H]2OC(=O)CCC1CCCC1. The Labute approximate surface area is 182 Å². The van der Waals surface area contributed by atoms with Gasteiger partial charge in [-0.15, -0.1) is 0 Å². The number of allylic oxidation sites excluding steroid dienone is 1. The third-order valence-corrected chi connectivity index (χ3v) is 10.4. The van der Waals surface area contributed by atoms with Gasteiger partial charge < -0.3 is 4.74 Å². The lowest BCUT2D eigenvalue weighted by Gasteiger charge is -2.57. The first-order valence-corrected chi connectivity index (χ1v) is 12.8. The Morgan fingerprint density at radius 2 is 1.80 bits per heavy atom. The number of ether oxygens (including phenoxy) is 1. The molecule has 3 nitrogen and oxygen atoms in total. The molecule has 5 aliphatic rings. The predicted molar refractivity (Wildman–Crippen MR) is 118 cm³/mol. The van der Waals surface area contributed by atoms with Crippen molar-refractivity contribution in [3.8, 4) is 0 Å². The van der Waals surface area contributed by atoms with E-state index < -0.39 is 0 Å². The maximum Gasteiger partial charge on any atom is 0.306 e. The molecule has 4 fully saturated rings. The highest BCUT2D eigenvalue weighted by Crippen LogP contribution is 2.65. The molecule has 0 heterocycles. The van der Waals surface area contributed by atoms with E-state index in [9.17, 15) is 9.59 Å². The lowest BCUT2D eigenvalue weighted by atomic mass is 9.47. The summed E-state index contributed by atoms with van der Waals surface area (Å²) >= 11 is 0. The summed E-state index contributed by atoms with van der Waals surface area (Å²) in [6, 6.07) is 0. The van der Waals surface area contributed by atoms with Crippen LogP contribution in [0.25, 0.3) is 0 Å². The van der Waals surface area contributed by atoms with Gasteiger partial charge in [0.05, 0.1) is 0 Å². The monoisotopic (exact) mass is 412 g/mol. The third kappa shape index (κ3) is 3.39. The van der Waals surface area contributed by atoms with E-state index >= 15 is 0 Å². The predicted octanol–water partition coefficient (Wildman–Crippen LogP) is 6.40. The van der Waals surface area contributed by atoms with E-state index in [4.69, 9.17) is 4.74 Å². The molecular weight excluding hydrogens is 372 g/mol. The van der Waals surface area contributed by atoms with Crippen LogP contribution in [0.4, 0.5) is 0 Å². The molecule has 5 unspecified atom stereocenters. The molecule has 0 aliphatic heterocycles. The molecular formula is C27H40O3. The number of hydrogen-bond donors (Lipinski definition) is 0. The molecule has 30 heavy (non-hydrogen) atoms. The fourth-order valence-electron chi connectivity index (χ4n) is 8.54. The normalized spacial score (nSPS) is 43.5. The number of carbonyl (C=O) groups is 2. The number of ketones is 1. The average molecular weight is 413 g/mol. The first-order chi connectivity index (χ1) is 14.4.